The number of nitrogens with one attached hydrogen (secondary N) is 1. The summed E-state index contributed by atoms with van der Waals surface area (Å²) < 4.78 is 0. The number of anilines is 1. The fourth-order valence-corrected chi connectivity index (χ4v) is 1.67. The number of hydrogen-bond donors (Lipinski definition) is 1. The lowest BCUT2D eigenvalue weighted by atomic mass is 10.2. The van der Waals surface area contributed by atoms with Crippen LogP contribution in [0.25, 0.3) is 0 Å². The number of amides is 1. The van der Waals surface area contributed by atoms with E-state index in [1.165, 1.54) is 4.90 Å². The second kappa shape index (κ2) is 5.31. The maximum Gasteiger partial charge on any atom is 0.297 e. The van der Waals surface area contributed by atoms with Crippen LogP contribution in [0.15, 0.2) is 24.3 Å². The molecule has 0 atom stereocenters. The van der Waals surface area contributed by atoms with Crippen molar-refractivity contribution in [3.05, 3.63) is 41.5 Å². The Hall–Kier alpha value is -2.68. The minimum absolute atomic E-state index is 0.104. The summed E-state index contributed by atoms with van der Waals surface area (Å²) in [6, 6.07) is 8.96. The number of hydrogen-bond acceptors (Lipinski definition) is 4. The van der Waals surface area contributed by atoms with E-state index in [2.05, 4.69) is 21.3 Å². The number of carbonyl (C=O) groups is 1. The molecule has 0 saturated carbocycles. The Morgan fingerprint density at radius 2 is 2.21 bits per heavy atom. The summed E-state index contributed by atoms with van der Waals surface area (Å²) in [5, 5.41) is 15.6. The van der Waals surface area contributed by atoms with Crippen LogP contribution in [0.1, 0.15) is 28.9 Å². The Morgan fingerprint density at radius 3 is 2.84 bits per heavy atom. The van der Waals surface area contributed by atoms with Gasteiger partial charge in [-0.25, -0.2) is 4.98 Å². The van der Waals surface area contributed by atoms with Gasteiger partial charge in [0.25, 0.3) is 5.91 Å². The number of benzene rings is 1. The van der Waals surface area contributed by atoms with Gasteiger partial charge in [0.2, 0.25) is 5.82 Å². The molecule has 0 aliphatic heterocycles. The zero-order valence-electron chi connectivity index (χ0n) is 10.7. The van der Waals surface area contributed by atoms with Gasteiger partial charge in [0.05, 0.1) is 11.3 Å². The van der Waals surface area contributed by atoms with Gasteiger partial charge in [-0.15, -0.1) is 5.10 Å². The summed E-state index contributed by atoms with van der Waals surface area (Å²) in [6.07, 6.45) is 0.679. The molecule has 1 aromatic carbocycles. The van der Waals surface area contributed by atoms with Crippen molar-refractivity contribution in [3.63, 3.8) is 0 Å². The summed E-state index contributed by atoms with van der Waals surface area (Å²) in [6.45, 7) is 1.92. The lowest BCUT2D eigenvalue weighted by molar-refractivity contribution is 0.0983. The fourth-order valence-electron chi connectivity index (χ4n) is 1.67. The van der Waals surface area contributed by atoms with Gasteiger partial charge in [-0.3, -0.25) is 9.89 Å². The Bertz CT molecular complexity index is 640. The molecule has 2 aromatic rings. The highest BCUT2D eigenvalue weighted by Crippen LogP contribution is 2.19. The van der Waals surface area contributed by atoms with Crippen molar-refractivity contribution in [1.29, 1.82) is 5.26 Å². The predicted molar refractivity (Wildman–Crippen MR) is 69.7 cm³/mol. The number of H-pyrrole nitrogens is 1. The Kier molecular flexibility index (Phi) is 3.57. The molecular formula is C13H13N5O. The number of carbonyl (C=O) groups excluding carboxylic acids is 1. The van der Waals surface area contributed by atoms with Crippen LogP contribution in [0.4, 0.5) is 5.69 Å². The van der Waals surface area contributed by atoms with Crippen molar-refractivity contribution in [2.75, 3.05) is 11.9 Å². The highest BCUT2D eigenvalue weighted by molar-refractivity contribution is 6.03. The van der Waals surface area contributed by atoms with Crippen LogP contribution in [-0.2, 0) is 6.42 Å². The van der Waals surface area contributed by atoms with Gasteiger partial charge in [-0.2, -0.15) is 5.26 Å². The number of nitrogens with zero attached hydrogens (tertiary/aromatic N) is 4. The molecule has 0 bridgehead atoms. The molecule has 1 heterocycles. The van der Waals surface area contributed by atoms with Gasteiger partial charge < -0.3 is 4.90 Å². The number of para-hydroxylation sites is 1. The van der Waals surface area contributed by atoms with Crippen molar-refractivity contribution in [1.82, 2.24) is 15.2 Å². The molecule has 96 valence electrons. The van der Waals surface area contributed by atoms with Crippen molar-refractivity contribution >= 4 is 11.6 Å². The van der Waals surface area contributed by atoms with E-state index in [0.717, 1.165) is 0 Å². The third-order valence-corrected chi connectivity index (χ3v) is 2.75. The van der Waals surface area contributed by atoms with Crippen LogP contribution in [0.3, 0.4) is 0 Å². The average molecular weight is 255 g/mol. The molecule has 0 aliphatic carbocycles. The molecule has 0 spiro atoms. The van der Waals surface area contributed by atoms with Crippen LogP contribution < -0.4 is 4.90 Å². The molecule has 0 aliphatic rings. The lowest BCUT2D eigenvalue weighted by Crippen LogP contribution is -2.28. The molecule has 19 heavy (non-hydrogen) atoms. The summed E-state index contributed by atoms with van der Waals surface area (Å²) in [4.78, 5) is 17.7. The molecule has 1 aromatic heterocycles. The molecule has 0 radical (unpaired) electrons. The van der Waals surface area contributed by atoms with E-state index < -0.39 is 0 Å². The first-order valence-electron chi connectivity index (χ1n) is 5.85. The number of aryl methyl sites for hydroxylation is 1. The largest absolute Gasteiger partial charge is 0.307 e. The molecule has 0 saturated heterocycles. The van der Waals surface area contributed by atoms with Gasteiger partial charge >= 0.3 is 0 Å². The summed E-state index contributed by atoms with van der Waals surface area (Å²) >= 11 is 0. The van der Waals surface area contributed by atoms with Crippen molar-refractivity contribution in [2.24, 2.45) is 0 Å². The third kappa shape index (κ3) is 2.45. The summed E-state index contributed by atoms with van der Waals surface area (Å²) in [5.41, 5.74) is 0.974. The van der Waals surface area contributed by atoms with E-state index in [-0.39, 0.29) is 11.7 Å². The second-order valence-corrected chi connectivity index (χ2v) is 3.95. The topological polar surface area (TPSA) is 85.7 Å². The van der Waals surface area contributed by atoms with Crippen molar-refractivity contribution < 1.29 is 4.79 Å². The number of nitriles is 1. The number of aromatic amines is 1. The lowest BCUT2D eigenvalue weighted by Gasteiger charge is -2.16. The maximum atomic E-state index is 12.2. The van der Waals surface area contributed by atoms with E-state index in [1.807, 2.05) is 6.92 Å². The minimum atomic E-state index is -0.348. The van der Waals surface area contributed by atoms with E-state index >= 15 is 0 Å². The normalized spacial score (nSPS) is 9.95. The van der Waals surface area contributed by atoms with Gasteiger partial charge in [-0.05, 0) is 12.1 Å². The summed E-state index contributed by atoms with van der Waals surface area (Å²) in [7, 11) is 1.60. The SMILES string of the molecule is CCc1nc(C(=O)N(C)c2ccccc2C#N)n[nH]1. The Labute approximate surface area is 110 Å². The molecule has 6 heteroatoms. The van der Waals surface area contributed by atoms with Crippen molar-refractivity contribution in [2.45, 2.75) is 13.3 Å². The highest BCUT2D eigenvalue weighted by Gasteiger charge is 2.20. The quantitative estimate of drug-likeness (QED) is 0.900. The Balaban J connectivity index is 2.31. The molecule has 2 rings (SSSR count). The zero-order chi connectivity index (χ0) is 13.8. The molecule has 6 nitrogen and oxygen atoms in total. The molecule has 0 fully saturated rings. The number of aromatic nitrogens is 3. The van der Waals surface area contributed by atoms with Gasteiger partial charge in [0.15, 0.2) is 0 Å². The first-order chi connectivity index (χ1) is 9.17. The molecular weight excluding hydrogens is 242 g/mol. The fraction of sp³-hybridized carbons (Fsp3) is 0.231. The predicted octanol–water partition coefficient (Wildman–Crippen LogP) is 1.52. The smallest absolute Gasteiger partial charge is 0.297 e. The Morgan fingerprint density at radius 1 is 1.47 bits per heavy atom. The molecule has 1 amide bonds. The molecule has 0 unspecified atom stereocenters. The maximum absolute atomic E-state index is 12.2. The highest BCUT2D eigenvalue weighted by atomic mass is 16.2. The first-order valence-corrected chi connectivity index (χ1v) is 5.85. The van der Waals surface area contributed by atoms with Gasteiger partial charge in [0.1, 0.15) is 11.9 Å². The second-order valence-electron chi connectivity index (χ2n) is 3.95. The van der Waals surface area contributed by atoms with Crippen LogP contribution in [0.5, 0.6) is 0 Å². The zero-order valence-corrected chi connectivity index (χ0v) is 10.7. The van der Waals surface area contributed by atoms with E-state index in [0.29, 0.717) is 23.5 Å². The van der Waals surface area contributed by atoms with E-state index in [9.17, 15) is 4.79 Å². The van der Waals surface area contributed by atoms with Crippen LogP contribution in [-0.4, -0.2) is 28.1 Å². The summed E-state index contributed by atoms with van der Waals surface area (Å²) in [5.74, 6) is 0.413. The van der Waals surface area contributed by atoms with Crippen molar-refractivity contribution in [3.8, 4) is 6.07 Å². The standard InChI is InChI=1S/C13H13N5O/c1-3-11-15-12(17-16-11)13(19)18(2)10-7-5-4-6-9(10)8-14/h4-7H,3H2,1-2H3,(H,15,16,17). The van der Waals surface area contributed by atoms with Crippen LogP contribution >= 0.6 is 0 Å². The van der Waals surface area contributed by atoms with Crippen LogP contribution in [0, 0.1) is 11.3 Å². The van der Waals surface area contributed by atoms with Gasteiger partial charge in [-0.1, -0.05) is 19.1 Å². The van der Waals surface area contributed by atoms with E-state index in [1.54, 1.807) is 31.3 Å². The first kappa shape index (κ1) is 12.8. The monoisotopic (exact) mass is 255 g/mol. The van der Waals surface area contributed by atoms with Crippen LogP contribution in [0.2, 0.25) is 0 Å². The average Bonchev–Trinajstić information content (AvgIpc) is 2.94. The van der Waals surface area contributed by atoms with Gasteiger partial charge in [0, 0.05) is 13.5 Å². The molecule has 1 N–H and O–H groups in total. The van der Waals surface area contributed by atoms with E-state index in [4.69, 9.17) is 5.26 Å². The number of rotatable bonds is 3. The minimum Gasteiger partial charge on any atom is -0.307 e. The third-order valence-electron chi connectivity index (χ3n) is 2.75.